The van der Waals surface area contributed by atoms with Gasteiger partial charge in [0, 0.05) is 12.5 Å². The molecule has 3 N–H and O–H groups in total. The van der Waals surface area contributed by atoms with Crippen LogP contribution in [0.15, 0.2) is 48.5 Å². The van der Waals surface area contributed by atoms with Crippen LogP contribution in [0.2, 0.25) is 0 Å². The Bertz CT molecular complexity index is 690. The minimum atomic E-state index is -1.000. The van der Waals surface area contributed by atoms with E-state index in [0.29, 0.717) is 6.07 Å². The molecule has 0 aromatic heterocycles. The summed E-state index contributed by atoms with van der Waals surface area (Å²) in [6.07, 6.45) is 0.185. The predicted octanol–water partition coefficient (Wildman–Crippen LogP) is 1.79. The summed E-state index contributed by atoms with van der Waals surface area (Å²) in [7, 11) is 0. The van der Waals surface area contributed by atoms with Gasteiger partial charge in [-0.15, -0.1) is 0 Å². The molecule has 0 aliphatic carbocycles. The SMILES string of the molecule is NC(=O)[C@@H](Cc1ccccc1)NC(=O)c1ccc(F)cc1F. The summed E-state index contributed by atoms with van der Waals surface area (Å²) in [4.78, 5) is 23.5. The number of primary amides is 1. The Morgan fingerprint density at radius 3 is 2.36 bits per heavy atom. The van der Waals surface area contributed by atoms with E-state index in [0.717, 1.165) is 17.7 Å². The molecule has 2 aromatic rings. The van der Waals surface area contributed by atoms with E-state index in [1.54, 1.807) is 24.3 Å². The fourth-order valence-corrected chi connectivity index (χ4v) is 1.98. The van der Waals surface area contributed by atoms with Crippen LogP contribution in [0.5, 0.6) is 0 Å². The van der Waals surface area contributed by atoms with Crippen molar-refractivity contribution < 1.29 is 18.4 Å². The molecule has 22 heavy (non-hydrogen) atoms. The maximum absolute atomic E-state index is 13.6. The average molecular weight is 304 g/mol. The van der Waals surface area contributed by atoms with Crippen LogP contribution in [-0.2, 0) is 11.2 Å². The molecule has 0 unspecified atom stereocenters. The first-order chi connectivity index (χ1) is 10.5. The van der Waals surface area contributed by atoms with Gasteiger partial charge in [-0.2, -0.15) is 0 Å². The number of hydrogen-bond donors (Lipinski definition) is 2. The Balaban J connectivity index is 2.14. The van der Waals surface area contributed by atoms with Crippen LogP contribution in [0.25, 0.3) is 0 Å². The van der Waals surface area contributed by atoms with E-state index in [1.165, 1.54) is 0 Å². The van der Waals surface area contributed by atoms with E-state index in [4.69, 9.17) is 5.73 Å². The third kappa shape index (κ3) is 3.88. The van der Waals surface area contributed by atoms with Crippen molar-refractivity contribution in [2.45, 2.75) is 12.5 Å². The molecule has 0 heterocycles. The largest absolute Gasteiger partial charge is 0.368 e. The molecule has 0 bridgehead atoms. The summed E-state index contributed by atoms with van der Waals surface area (Å²) < 4.78 is 26.4. The number of amides is 2. The van der Waals surface area contributed by atoms with Gasteiger partial charge in [0.05, 0.1) is 5.56 Å². The van der Waals surface area contributed by atoms with Crippen molar-refractivity contribution in [2.75, 3.05) is 0 Å². The highest BCUT2D eigenvalue weighted by molar-refractivity contribution is 5.97. The lowest BCUT2D eigenvalue weighted by atomic mass is 10.0. The Kier molecular flexibility index (Phi) is 4.83. The minimum Gasteiger partial charge on any atom is -0.368 e. The first-order valence-electron chi connectivity index (χ1n) is 6.56. The normalized spacial score (nSPS) is 11.7. The second-order valence-corrected chi connectivity index (χ2v) is 4.74. The topological polar surface area (TPSA) is 72.2 Å². The molecule has 1 atom stereocenters. The van der Waals surface area contributed by atoms with Gasteiger partial charge in [0.1, 0.15) is 17.7 Å². The summed E-state index contributed by atoms with van der Waals surface area (Å²) in [5.41, 5.74) is 5.72. The standard InChI is InChI=1S/C16H14F2N2O2/c17-11-6-7-12(13(18)9-11)16(22)20-14(15(19)21)8-10-4-2-1-3-5-10/h1-7,9,14H,8H2,(H2,19,21)(H,20,22)/t14-/m1/s1. The number of halogens is 2. The Morgan fingerprint density at radius 1 is 1.09 bits per heavy atom. The van der Waals surface area contributed by atoms with Gasteiger partial charge >= 0.3 is 0 Å². The lowest BCUT2D eigenvalue weighted by Crippen LogP contribution is -2.46. The van der Waals surface area contributed by atoms with E-state index in [1.807, 2.05) is 6.07 Å². The number of nitrogens with two attached hydrogens (primary N) is 1. The zero-order valence-electron chi connectivity index (χ0n) is 11.6. The van der Waals surface area contributed by atoms with Gasteiger partial charge in [-0.05, 0) is 17.7 Å². The number of benzene rings is 2. The minimum absolute atomic E-state index is 0.185. The number of rotatable bonds is 5. The molecule has 2 amide bonds. The van der Waals surface area contributed by atoms with Crippen LogP contribution in [0.3, 0.4) is 0 Å². The molecule has 2 aromatic carbocycles. The maximum atomic E-state index is 13.6. The summed E-state index contributed by atoms with van der Waals surface area (Å²) >= 11 is 0. The zero-order chi connectivity index (χ0) is 16.1. The van der Waals surface area contributed by atoms with E-state index < -0.39 is 29.5 Å². The second-order valence-electron chi connectivity index (χ2n) is 4.74. The number of nitrogens with one attached hydrogen (secondary N) is 1. The van der Waals surface area contributed by atoms with E-state index in [2.05, 4.69) is 5.32 Å². The quantitative estimate of drug-likeness (QED) is 0.884. The monoisotopic (exact) mass is 304 g/mol. The van der Waals surface area contributed by atoms with Gasteiger partial charge in [0.2, 0.25) is 5.91 Å². The number of carbonyl (C=O) groups excluding carboxylic acids is 2. The fraction of sp³-hybridized carbons (Fsp3) is 0.125. The van der Waals surface area contributed by atoms with Crippen LogP contribution in [0, 0.1) is 11.6 Å². The molecule has 0 fully saturated rings. The fourth-order valence-electron chi connectivity index (χ4n) is 1.98. The van der Waals surface area contributed by atoms with Crippen molar-refractivity contribution >= 4 is 11.8 Å². The molecule has 114 valence electrons. The van der Waals surface area contributed by atoms with Crippen molar-refractivity contribution in [1.29, 1.82) is 0 Å². The smallest absolute Gasteiger partial charge is 0.254 e. The molecule has 0 aliphatic rings. The highest BCUT2D eigenvalue weighted by Crippen LogP contribution is 2.10. The second kappa shape index (κ2) is 6.80. The molecule has 0 aliphatic heterocycles. The van der Waals surface area contributed by atoms with Crippen LogP contribution < -0.4 is 11.1 Å². The summed E-state index contributed by atoms with van der Waals surface area (Å²) in [5.74, 6) is -3.35. The van der Waals surface area contributed by atoms with E-state index in [-0.39, 0.29) is 12.0 Å². The van der Waals surface area contributed by atoms with Crippen LogP contribution in [0.4, 0.5) is 8.78 Å². The lowest BCUT2D eigenvalue weighted by molar-refractivity contribution is -0.119. The number of carbonyl (C=O) groups is 2. The average Bonchev–Trinajstić information content (AvgIpc) is 2.47. The molecule has 0 saturated carbocycles. The Hall–Kier alpha value is -2.76. The van der Waals surface area contributed by atoms with Crippen molar-refractivity contribution in [1.82, 2.24) is 5.32 Å². The van der Waals surface area contributed by atoms with Crippen LogP contribution >= 0.6 is 0 Å². The third-order valence-electron chi connectivity index (χ3n) is 3.11. The van der Waals surface area contributed by atoms with E-state index in [9.17, 15) is 18.4 Å². The Labute approximate surface area is 125 Å². The molecule has 0 spiro atoms. The first kappa shape index (κ1) is 15.6. The van der Waals surface area contributed by atoms with Gasteiger partial charge in [-0.1, -0.05) is 30.3 Å². The lowest BCUT2D eigenvalue weighted by Gasteiger charge is -2.16. The molecule has 0 saturated heterocycles. The van der Waals surface area contributed by atoms with Crippen molar-refractivity contribution in [3.05, 3.63) is 71.3 Å². The van der Waals surface area contributed by atoms with Gasteiger partial charge in [0.25, 0.3) is 5.91 Å². The molecule has 2 rings (SSSR count). The predicted molar refractivity (Wildman–Crippen MR) is 77.0 cm³/mol. The highest BCUT2D eigenvalue weighted by atomic mass is 19.1. The van der Waals surface area contributed by atoms with Gasteiger partial charge in [-0.3, -0.25) is 9.59 Å². The summed E-state index contributed by atoms with van der Waals surface area (Å²) in [6.45, 7) is 0. The van der Waals surface area contributed by atoms with Gasteiger partial charge in [0.15, 0.2) is 0 Å². The molecule has 0 radical (unpaired) electrons. The molecular formula is C16H14F2N2O2. The van der Waals surface area contributed by atoms with Crippen molar-refractivity contribution in [2.24, 2.45) is 5.73 Å². The van der Waals surface area contributed by atoms with Crippen molar-refractivity contribution in [3.63, 3.8) is 0 Å². The maximum Gasteiger partial charge on any atom is 0.254 e. The Morgan fingerprint density at radius 2 is 1.77 bits per heavy atom. The zero-order valence-corrected chi connectivity index (χ0v) is 11.6. The number of hydrogen-bond acceptors (Lipinski definition) is 2. The molecule has 6 heteroatoms. The molecule has 4 nitrogen and oxygen atoms in total. The van der Waals surface area contributed by atoms with E-state index >= 15 is 0 Å². The first-order valence-corrected chi connectivity index (χ1v) is 6.56. The highest BCUT2D eigenvalue weighted by Gasteiger charge is 2.21. The van der Waals surface area contributed by atoms with Crippen molar-refractivity contribution in [3.8, 4) is 0 Å². The molecular weight excluding hydrogens is 290 g/mol. The van der Waals surface area contributed by atoms with Crippen LogP contribution in [0.1, 0.15) is 15.9 Å². The summed E-state index contributed by atoms with van der Waals surface area (Å²) in [6, 6.07) is 10.5. The van der Waals surface area contributed by atoms with Gasteiger partial charge in [-0.25, -0.2) is 8.78 Å². The van der Waals surface area contributed by atoms with Gasteiger partial charge < -0.3 is 11.1 Å². The third-order valence-corrected chi connectivity index (χ3v) is 3.11. The van der Waals surface area contributed by atoms with Crippen LogP contribution in [-0.4, -0.2) is 17.9 Å². The summed E-state index contributed by atoms with van der Waals surface area (Å²) in [5, 5.41) is 2.37.